The Morgan fingerprint density at radius 3 is 2.40 bits per heavy atom. The molecule has 0 fully saturated rings. The topological polar surface area (TPSA) is 21.3 Å². The summed E-state index contributed by atoms with van der Waals surface area (Å²) >= 11 is 0. The maximum absolute atomic E-state index is 5.36. The summed E-state index contributed by atoms with van der Waals surface area (Å²) in [5.74, 6) is 0. The molecule has 0 unspecified atom stereocenters. The zero-order valence-electron chi connectivity index (χ0n) is 11.1. The lowest BCUT2D eigenvalue weighted by molar-refractivity contribution is 0.131. The van der Waals surface area contributed by atoms with Crippen molar-refractivity contribution in [1.29, 1.82) is 0 Å². The molecule has 2 nitrogen and oxygen atoms in total. The van der Waals surface area contributed by atoms with Gasteiger partial charge in [0, 0.05) is 13.2 Å². The van der Waals surface area contributed by atoms with Crippen molar-refractivity contribution in [1.82, 2.24) is 5.32 Å². The zero-order valence-corrected chi connectivity index (χ0v) is 11.1. The number of ether oxygens (including phenoxy) is 1. The van der Waals surface area contributed by atoms with Gasteiger partial charge in [-0.1, -0.05) is 20.8 Å². The van der Waals surface area contributed by atoms with Crippen LogP contribution in [-0.4, -0.2) is 26.3 Å². The molecular formula is C13H29NO. The third kappa shape index (κ3) is 10.2. The van der Waals surface area contributed by atoms with E-state index >= 15 is 0 Å². The minimum Gasteiger partial charge on any atom is -0.382 e. The van der Waals surface area contributed by atoms with Crippen LogP contribution in [0.15, 0.2) is 0 Å². The van der Waals surface area contributed by atoms with Crippen molar-refractivity contribution in [3.8, 4) is 0 Å². The Morgan fingerprint density at radius 2 is 1.80 bits per heavy atom. The van der Waals surface area contributed by atoms with Crippen molar-refractivity contribution < 1.29 is 4.74 Å². The van der Waals surface area contributed by atoms with Crippen LogP contribution in [-0.2, 0) is 4.74 Å². The third-order valence-corrected chi connectivity index (χ3v) is 2.75. The lowest BCUT2D eigenvalue weighted by atomic mass is 9.84. The molecule has 15 heavy (non-hydrogen) atoms. The molecule has 0 radical (unpaired) electrons. The molecule has 0 aliphatic carbocycles. The summed E-state index contributed by atoms with van der Waals surface area (Å²) < 4.78 is 5.36. The molecule has 0 atom stereocenters. The molecule has 0 bridgehead atoms. The highest BCUT2D eigenvalue weighted by Crippen LogP contribution is 2.25. The van der Waals surface area contributed by atoms with Crippen molar-refractivity contribution in [3.05, 3.63) is 0 Å². The van der Waals surface area contributed by atoms with Crippen molar-refractivity contribution in [2.75, 3.05) is 26.3 Å². The smallest absolute Gasteiger partial charge is 0.0466 e. The van der Waals surface area contributed by atoms with Gasteiger partial charge in [-0.25, -0.2) is 0 Å². The summed E-state index contributed by atoms with van der Waals surface area (Å²) in [6.07, 6.45) is 4.94. The van der Waals surface area contributed by atoms with Gasteiger partial charge in [-0.3, -0.25) is 0 Å². The molecule has 0 aliphatic rings. The van der Waals surface area contributed by atoms with Gasteiger partial charge in [-0.05, 0) is 51.1 Å². The van der Waals surface area contributed by atoms with Gasteiger partial charge < -0.3 is 10.1 Å². The minimum absolute atomic E-state index is 0.456. The van der Waals surface area contributed by atoms with Gasteiger partial charge in [0.1, 0.15) is 0 Å². The van der Waals surface area contributed by atoms with E-state index < -0.39 is 0 Å². The quantitative estimate of drug-likeness (QED) is 0.565. The number of hydrogen-bond donors (Lipinski definition) is 1. The average Bonchev–Trinajstić information content (AvgIpc) is 2.20. The number of hydrogen-bond acceptors (Lipinski definition) is 2. The van der Waals surface area contributed by atoms with E-state index in [1.165, 1.54) is 25.7 Å². The Balaban J connectivity index is 3.40. The highest BCUT2D eigenvalue weighted by atomic mass is 16.5. The van der Waals surface area contributed by atoms with Crippen LogP contribution in [0.2, 0.25) is 0 Å². The largest absolute Gasteiger partial charge is 0.382 e. The van der Waals surface area contributed by atoms with Crippen LogP contribution in [0.1, 0.15) is 53.4 Å². The van der Waals surface area contributed by atoms with E-state index in [0.29, 0.717) is 5.41 Å². The summed E-state index contributed by atoms with van der Waals surface area (Å²) in [7, 11) is 0. The molecule has 92 valence electrons. The molecular weight excluding hydrogens is 186 g/mol. The Bertz CT molecular complexity index is 120. The molecule has 0 amide bonds. The van der Waals surface area contributed by atoms with Crippen LogP contribution in [0.25, 0.3) is 0 Å². The van der Waals surface area contributed by atoms with Crippen LogP contribution in [0, 0.1) is 5.41 Å². The van der Waals surface area contributed by atoms with Crippen LogP contribution >= 0.6 is 0 Å². The first kappa shape index (κ1) is 14.9. The van der Waals surface area contributed by atoms with E-state index in [-0.39, 0.29) is 0 Å². The Hall–Kier alpha value is -0.0800. The van der Waals surface area contributed by atoms with E-state index in [2.05, 4.69) is 33.0 Å². The zero-order chi connectivity index (χ0) is 11.6. The SMILES string of the molecule is CCCNCCC(C)(C)CCCOCC. The highest BCUT2D eigenvalue weighted by Gasteiger charge is 2.16. The van der Waals surface area contributed by atoms with Gasteiger partial charge in [-0.2, -0.15) is 0 Å². The highest BCUT2D eigenvalue weighted by molar-refractivity contribution is 4.69. The molecule has 2 heteroatoms. The first-order valence-electron chi connectivity index (χ1n) is 6.41. The van der Waals surface area contributed by atoms with E-state index in [1.54, 1.807) is 0 Å². The lowest BCUT2D eigenvalue weighted by Gasteiger charge is -2.24. The lowest BCUT2D eigenvalue weighted by Crippen LogP contribution is -2.23. The first-order valence-corrected chi connectivity index (χ1v) is 6.41. The van der Waals surface area contributed by atoms with E-state index in [9.17, 15) is 0 Å². The van der Waals surface area contributed by atoms with E-state index in [1.807, 2.05) is 0 Å². The number of rotatable bonds is 10. The fraction of sp³-hybridized carbons (Fsp3) is 1.00. The molecule has 0 aromatic carbocycles. The maximum Gasteiger partial charge on any atom is 0.0466 e. The predicted octanol–water partition coefficient (Wildman–Crippen LogP) is 3.22. The molecule has 0 saturated heterocycles. The second-order valence-electron chi connectivity index (χ2n) is 4.96. The van der Waals surface area contributed by atoms with Crippen LogP contribution in [0.3, 0.4) is 0 Å². The molecule has 0 saturated carbocycles. The van der Waals surface area contributed by atoms with Crippen LogP contribution < -0.4 is 5.32 Å². The molecule has 0 aliphatic heterocycles. The molecule has 0 aromatic rings. The van der Waals surface area contributed by atoms with Gasteiger partial charge >= 0.3 is 0 Å². The summed E-state index contributed by atoms with van der Waals surface area (Å²) in [5, 5.41) is 3.46. The summed E-state index contributed by atoms with van der Waals surface area (Å²) in [6, 6.07) is 0. The summed E-state index contributed by atoms with van der Waals surface area (Å²) in [5.41, 5.74) is 0.456. The predicted molar refractivity (Wildman–Crippen MR) is 67.3 cm³/mol. The second-order valence-corrected chi connectivity index (χ2v) is 4.96. The number of nitrogens with one attached hydrogen (secondary N) is 1. The second kappa shape index (κ2) is 9.17. The summed E-state index contributed by atoms with van der Waals surface area (Å²) in [4.78, 5) is 0. The maximum atomic E-state index is 5.36. The molecule has 0 rings (SSSR count). The minimum atomic E-state index is 0.456. The average molecular weight is 215 g/mol. The Labute approximate surface area is 95.8 Å². The standard InChI is InChI=1S/C13H29NO/c1-5-10-14-11-9-13(3,4)8-7-12-15-6-2/h14H,5-12H2,1-4H3. The van der Waals surface area contributed by atoms with Gasteiger partial charge in [0.25, 0.3) is 0 Å². The van der Waals surface area contributed by atoms with Crippen LogP contribution in [0.5, 0.6) is 0 Å². The monoisotopic (exact) mass is 215 g/mol. The van der Waals surface area contributed by atoms with Gasteiger partial charge in [0.15, 0.2) is 0 Å². The summed E-state index contributed by atoms with van der Waals surface area (Å²) in [6.45, 7) is 13.0. The third-order valence-electron chi connectivity index (χ3n) is 2.75. The van der Waals surface area contributed by atoms with Gasteiger partial charge in [0.05, 0.1) is 0 Å². The van der Waals surface area contributed by atoms with Crippen molar-refractivity contribution in [2.45, 2.75) is 53.4 Å². The molecule has 0 heterocycles. The van der Waals surface area contributed by atoms with Gasteiger partial charge in [0.2, 0.25) is 0 Å². The van der Waals surface area contributed by atoms with E-state index in [4.69, 9.17) is 4.74 Å². The fourth-order valence-corrected chi connectivity index (χ4v) is 1.65. The van der Waals surface area contributed by atoms with E-state index in [0.717, 1.165) is 26.3 Å². The molecule has 0 spiro atoms. The first-order chi connectivity index (χ1) is 7.12. The van der Waals surface area contributed by atoms with Gasteiger partial charge in [-0.15, -0.1) is 0 Å². The van der Waals surface area contributed by atoms with Crippen LogP contribution in [0.4, 0.5) is 0 Å². The van der Waals surface area contributed by atoms with Crippen molar-refractivity contribution in [2.24, 2.45) is 5.41 Å². The van der Waals surface area contributed by atoms with Crippen molar-refractivity contribution >= 4 is 0 Å². The Morgan fingerprint density at radius 1 is 1.07 bits per heavy atom. The molecule has 0 aromatic heterocycles. The Kier molecular flexibility index (Phi) is 9.12. The normalized spacial score (nSPS) is 12.0. The van der Waals surface area contributed by atoms with Crippen molar-refractivity contribution in [3.63, 3.8) is 0 Å². The fourth-order valence-electron chi connectivity index (χ4n) is 1.65. The molecule has 1 N–H and O–H groups in total.